The third-order valence-electron chi connectivity index (χ3n) is 7.57. The summed E-state index contributed by atoms with van der Waals surface area (Å²) in [5.41, 5.74) is 2.23. The molecule has 2 aromatic rings. The third-order valence-corrected chi connectivity index (χ3v) is 8.54. The number of hydrogen-bond acceptors (Lipinski definition) is 5. The fraction of sp³-hybridized carbons (Fsp3) is 0.593. The van der Waals surface area contributed by atoms with Gasteiger partial charge in [-0.05, 0) is 80.8 Å². The van der Waals surface area contributed by atoms with Gasteiger partial charge in [-0.25, -0.2) is 0 Å². The number of carbonyl (C=O) groups is 1. The van der Waals surface area contributed by atoms with Gasteiger partial charge < -0.3 is 10.1 Å². The lowest BCUT2D eigenvalue weighted by Crippen LogP contribution is -2.44. The highest BCUT2D eigenvalue weighted by atomic mass is 32.1. The van der Waals surface area contributed by atoms with Crippen LogP contribution in [0, 0.1) is 0 Å². The van der Waals surface area contributed by atoms with Gasteiger partial charge in [0.05, 0.1) is 11.7 Å². The van der Waals surface area contributed by atoms with Crippen LogP contribution in [0.1, 0.15) is 65.7 Å². The molecule has 1 spiro atoms. The number of nitrogens with zero attached hydrogens (tertiary/aromatic N) is 2. The number of amides is 1. The number of nitrogens with one attached hydrogen (secondary N) is 1. The fourth-order valence-corrected chi connectivity index (χ4v) is 6.53. The number of hydrogen-bond donors (Lipinski definition) is 1. The minimum Gasteiger partial charge on any atom is -0.370 e. The van der Waals surface area contributed by atoms with Crippen molar-refractivity contribution >= 4 is 17.2 Å². The van der Waals surface area contributed by atoms with Crippen LogP contribution >= 0.6 is 11.3 Å². The Morgan fingerprint density at radius 1 is 1.00 bits per heavy atom. The minimum atomic E-state index is -0.00873. The summed E-state index contributed by atoms with van der Waals surface area (Å²) in [7, 11) is 0. The molecule has 1 aromatic heterocycles. The number of carbonyl (C=O) groups excluding carboxylic acids is 1. The average molecular weight is 468 g/mol. The van der Waals surface area contributed by atoms with E-state index >= 15 is 0 Å². The summed E-state index contributed by atoms with van der Waals surface area (Å²) in [6, 6.07) is 11.9. The lowest BCUT2D eigenvalue weighted by molar-refractivity contribution is -0.0763. The standard InChI is InChI=1S/C27H37N3O2S/c31-26(23-7-3-1-4-8-23)28-18-24-9-10-27(32-24)11-15-30(16-12-27)20-25-17-22(21-33-25)19-29-13-5-2-6-14-29/h1,3-4,7-8,17,21,24H,2,5-6,9-16,18-20H2,(H,28,31)/t24-/m0/s1. The second-order valence-electron chi connectivity index (χ2n) is 10.1. The van der Waals surface area contributed by atoms with Gasteiger partial charge in [-0.3, -0.25) is 14.6 Å². The maximum Gasteiger partial charge on any atom is 0.251 e. The molecule has 0 aliphatic carbocycles. The number of likely N-dealkylation sites (tertiary alicyclic amines) is 2. The zero-order chi connectivity index (χ0) is 22.5. The molecule has 1 atom stereocenters. The average Bonchev–Trinajstić information content (AvgIpc) is 3.47. The van der Waals surface area contributed by atoms with Crippen LogP contribution in [-0.4, -0.2) is 60.1 Å². The van der Waals surface area contributed by atoms with Crippen molar-refractivity contribution in [3.63, 3.8) is 0 Å². The van der Waals surface area contributed by atoms with Crippen LogP contribution in [0.25, 0.3) is 0 Å². The van der Waals surface area contributed by atoms with E-state index in [1.54, 1.807) is 0 Å². The van der Waals surface area contributed by atoms with E-state index in [0.717, 1.165) is 51.9 Å². The highest BCUT2D eigenvalue weighted by Gasteiger charge is 2.42. The number of thiophene rings is 1. The Bertz CT molecular complexity index is 901. The first kappa shape index (κ1) is 23.0. The molecular weight excluding hydrogens is 430 g/mol. The Labute approximate surface area is 202 Å². The fourth-order valence-electron chi connectivity index (χ4n) is 5.61. The molecule has 3 saturated heterocycles. The predicted octanol–water partition coefficient (Wildman–Crippen LogP) is 4.68. The predicted molar refractivity (Wildman–Crippen MR) is 134 cm³/mol. The van der Waals surface area contributed by atoms with Gasteiger partial charge in [0.1, 0.15) is 0 Å². The number of ether oxygens (including phenoxy) is 1. The molecule has 5 nitrogen and oxygen atoms in total. The second-order valence-corrected chi connectivity index (χ2v) is 11.1. The zero-order valence-electron chi connectivity index (χ0n) is 19.6. The van der Waals surface area contributed by atoms with Gasteiger partial charge in [0.15, 0.2) is 0 Å². The third kappa shape index (κ3) is 6.04. The SMILES string of the molecule is O=C(NC[C@@H]1CCC2(CCN(Cc3cc(CN4CCCCC4)cs3)CC2)O1)c1ccccc1. The topological polar surface area (TPSA) is 44.8 Å². The van der Waals surface area contributed by atoms with Crippen molar-refractivity contribution in [1.29, 1.82) is 0 Å². The Hall–Kier alpha value is -1.73. The number of benzene rings is 1. The normalized spacial score (nSPS) is 23.7. The van der Waals surface area contributed by atoms with E-state index in [4.69, 9.17) is 4.74 Å². The van der Waals surface area contributed by atoms with Crippen LogP contribution in [-0.2, 0) is 17.8 Å². The van der Waals surface area contributed by atoms with Crippen molar-refractivity contribution in [3.8, 4) is 0 Å². The van der Waals surface area contributed by atoms with Crippen molar-refractivity contribution < 1.29 is 9.53 Å². The molecule has 0 bridgehead atoms. The van der Waals surface area contributed by atoms with Gasteiger partial charge in [0.2, 0.25) is 0 Å². The smallest absolute Gasteiger partial charge is 0.251 e. The molecule has 1 aromatic carbocycles. The van der Waals surface area contributed by atoms with Crippen molar-refractivity contribution in [2.75, 3.05) is 32.7 Å². The number of piperidine rings is 2. The summed E-state index contributed by atoms with van der Waals surface area (Å²) in [4.78, 5) is 19.0. The van der Waals surface area contributed by atoms with Gasteiger partial charge in [-0.2, -0.15) is 0 Å². The first-order valence-electron chi connectivity index (χ1n) is 12.7. The molecule has 1 N–H and O–H groups in total. The van der Waals surface area contributed by atoms with Crippen LogP contribution in [0.4, 0.5) is 0 Å². The second kappa shape index (κ2) is 10.7. The van der Waals surface area contributed by atoms with Crippen LogP contribution in [0.2, 0.25) is 0 Å². The molecule has 6 heteroatoms. The first-order chi connectivity index (χ1) is 16.2. The molecule has 3 fully saturated rings. The summed E-state index contributed by atoms with van der Waals surface area (Å²) >= 11 is 1.92. The van der Waals surface area contributed by atoms with E-state index < -0.39 is 0 Å². The van der Waals surface area contributed by atoms with Crippen molar-refractivity contribution in [3.05, 3.63) is 57.8 Å². The Kier molecular flexibility index (Phi) is 7.46. The molecule has 0 saturated carbocycles. The Morgan fingerprint density at radius 2 is 1.76 bits per heavy atom. The molecule has 178 valence electrons. The zero-order valence-corrected chi connectivity index (χ0v) is 20.5. The summed E-state index contributed by atoms with van der Waals surface area (Å²) in [5.74, 6) is -0.00873. The highest BCUT2D eigenvalue weighted by Crippen LogP contribution is 2.39. The van der Waals surface area contributed by atoms with E-state index in [2.05, 4.69) is 26.6 Å². The maximum absolute atomic E-state index is 12.3. The monoisotopic (exact) mass is 467 g/mol. The number of rotatable bonds is 7. The molecule has 1 amide bonds. The van der Waals surface area contributed by atoms with Gasteiger partial charge in [-0.1, -0.05) is 24.6 Å². The molecular formula is C27H37N3O2S. The first-order valence-corrected chi connectivity index (χ1v) is 13.6. The van der Waals surface area contributed by atoms with E-state index in [0.29, 0.717) is 12.1 Å². The molecule has 0 radical (unpaired) electrons. The molecule has 4 heterocycles. The van der Waals surface area contributed by atoms with Gasteiger partial charge in [0, 0.05) is 43.2 Å². The Balaban J connectivity index is 1.04. The minimum absolute atomic E-state index is 0.00873. The summed E-state index contributed by atoms with van der Waals surface area (Å²) in [6.07, 6.45) is 8.60. The van der Waals surface area contributed by atoms with Crippen molar-refractivity contribution in [2.45, 2.75) is 69.7 Å². The van der Waals surface area contributed by atoms with Crippen LogP contribution < -0.4 is 5.32 Å². The van der Waals surface area contributed by atoms with Gasteiger partial charge >= 0.3 is 0 Å². The largest absolute Gasteiger partial charge is 0.370 e. The molecule has 33 heavy (non-hydrogen) atoms. The quantitative estimate of drug-likeness (QED) is 0.642. The molecule has 5 rings (SSSR count). The van der Waals surface area contributed by atoms with E-state index in [1.807, 2.05) is 41.7 Å². The molecule has 3 aliphatic heterocycles. The van der Waals surface area contributed by atoms with Crippen LogP contribution in [0.3, 0.4) is 0 Å². The molecule has 0 unspecified atom stereocenters. The van der Waals surface area contributed by atoms with Gasteiger partial charge in [0.25, 0.3) is 5.91 Å². The van der Waals surface area contributed by atoms with E-state index in [9.17, 15) is 4.79 Å². The summed E-state index contributed by atoms with van der Waals surface area (Å²) in [6.45, 7) is 7.51. The highest BCUT2D eigenvalue weighted by molar-refractivity contribution is 7.10. The Morgan fingerprint density at radius 3 is 2.55 bits per heavy atom. The molecule has 3 aliphatic rings. The van der Waals surface area contributed by atoms with Crippen molar-refractivity contribution in [2.24, 2.45) is 0 Å². The van der Waals surface area contributed by atoms with Crippen LogP contribution in [0.5, 0.6) is 0 Å². The summed E-state index contributed by atoms with van der Waals surface area (Å²) in [5, 5.41) is 5.42. The van der Waals surface area contributed by atoms with Gasteiger partial charge in [-0.15, -0.1) is 11.3 Å². The lowest BCUT2D eigenvalue weighted by Gasteiger charge is -2.39. The van der Waals surface area contributed by atoms with Crippen molar-refractivity contribution in [1.82, 2.24) is 15.1 Å². The van der Waals surface area contributed by atoms with E-state index in [1.165, 1.54) is 42.8 Å². The van der Waals surface area contributed by atoms with Crippen LogP contribution in [0.15, 0.2) is 41.8 Å². The lowest BCUT2D eigenvalue weighted by atomic mass is 9.88. The maximum atomic E-state index is 12.3. The van der Waals surface area contributed by atoms with E-state index in [-0.39, 0.29) is 17.6 Å². The summed E-state index contributed by atoms with van der Waals surface area (Å²) < 4.78 is 6.52.